The molecule has 7 amide bonds. The molecule has 1 fully saturated rings. The Hall–Kier alpha value is -3.79. The minimum absolute atomic E-state index is 0.0712. The van der Waals surface area contributed by atoms with Crippen molar-refractivity contribution in [3.05, 3.63) is 0 Å². The lowest BCUT2D eigenvalue weighted by molar-refractivity contribution is -0.145. The molecule has 1 heterocycles. The Morgan fingerprint density at radius 2 is 1.25 bits per heavy atom. The summed E-state index contributed by atoms with van der Waals surface area (Å²) in [6, 6.07) is -5.18. The summed E-state index contributed by atoms with van der Waals surface area (Å²) in [7, 11) is 0. The zero-order valence-corrected chi connectivity index (χ0v) is 37.3. The van der Waals surface area contributed by atoms with Crippen LogP contribution in [0.1, 0.15) is 165 Å². The summed E-state index contributed by atoms with van der Waals surface area (Å²) in [5, 5.41) is 33.7. The number of carbonyl (C=O) groups excluding carboxylic acids is 7. The average Bonchev–Trinajstić information content (AvgIpc) is 3.54. The second kappa shape index (κ2) is 27.9. The van der Waals surface area contributed by atoms with Crippen molar-refractivity contribution in [1.29, 1.82) is 0 Å². The van der Waals surface area contributed by atoms with Gasteiger partial charge in [-0.05, 0) is 58.3 Å². The molecule has 340 valence electrons. The van der Waals surface area contributed by atoms with E-state index in [1.807, 2.05) is 27.7 Å². The van der Waals surface area contributed by atoms with Crippen LogP contribution in [0.2, 0.25) is 0 Å². The quantitative estimate of drug-likeness (QED) is 0.0495. The number of unbranched alkanes of at least 4 members (excludes halogenated alkanes) is 10. The van der Waals surface area contributed by atoms with Gasteiger partial charge in [0.1, 0.15) is 29.7 Å². The smallest absolute Gasteiger partial charge is 0.248 e. The highest BCUT2D eigenvalue weighted by Gasteiger charge is 2.45. The van der Waals surface area contributed by atoms with Crippen LogP contribution >= 0.6 is 0 Å². The zero-order chi connectivity index (χ0) is 44.7. The maximum Gasteiger partial charge on any atom is 0.248 e. The molecular formula is C43H79N7O9. The highest BCUT2D eigenvalue weighted by atomic mass is 16.3. The molecule has 1 saturated heterocycles. The molecule has 0 aromatic heterocycles. The first-order valence-electron chi connectivity index (χ1n) is 22.1. The summed E-state index contributed by atoms with van der Waals surface area (Å²) in [6.07, 6.45) is 12.2. The second-order valence-electron chi connectivity index (χ2n) is 17.8. The van der Waals surface area contributed by atoms with Crippen molar-refractivity contribution < 1.29 is 43.8 Å². The summed E-state index contributed by atoms with van der Waals surface area (Å²) in [5.74, 6) is -4.11. The lowest BCUT2D eigenvalue weighted by Crippen LogP contribution is -2.60. The van der Waals surface area contributed by atoms with Crippen LogP contribution in [0.4, 0.5) is 0 Å². The number of rotatable bonds is 30. The zero-order valence-electron chi connectivity index (χ0n) is 37.3. The number of nitrogens with two attached hydrogens (primary N) is 1. The normalized spacial score (nSPS) is 17.5. The van der Waals surface area contributed by atoms with Gasteiger partial charge in [0.15, 0.2) is 0 Å². The van der Waals surface area contributed by atoms with Crippen LogP contribution < -0.4 is 32.3 Å². The Bertz CT molecular complexity index is 1340. The fourth-order valence-electron chi connectivity index (χ4n) is 7.31. The molecule has 16 nitrogen and oxygen atoms in total. The molecular weight excluding hydrogens is 759 g/mol. The van der Waals surface area contributed by atoms with E-state index in [4.69, 9.17) is 5.73 Å². The van der Waals surface area contributed by atoms with Crippen LogP contribution in [0.5, 0.6) is 0 Å². The van der Waals surface area contributed by atoms with Crippen LogP contribution in [0, 0.1) is 11.8 Å². The molecule has 59 heavy (non-hydrogen) atoms. The van der Waals surface area contributed by atoms with E-state index in [1.165, 1.54) is 56.8 Å². The Kier molecular flexibility index (Phi) is 25.1. The van der Waals surface area contributed by atoms with Crippen LogP contribution in [0.3, 0.4) is 0 Å². The van der Waals surface area contributed by atoms with Gasteiger partial charge in [0, 0.05) is 25.8 Å². The number of hydrogen-bond donors (Lipinski definition) is 8. The molecule has 0 spiro atoms. The fourth-order valence-corrected chi connectivity index (χ4v) is 7.31. The molecule has 0 aromatic carbocycles. The molecule has 1 rings (SSSR count). The van der Waals surface area contributed by atoms with Gasteiger partial charge in [-0.1, -0.05) is 98.8 Å². The lowest BCUT2D eigenvalue weighted by atomic mass is 10.0. The number of aliphatic hydroxyl groups is 2. The van der Waals surface area contributed by atoms with Crippen molar-refractivity contribution in [3.63, 3.8) is 0 Å². The van der Waals surface area contributed by atoms with Crippen molar-refractivity contribution in [2.45, 2.75) is 206 Å². The minimum Gasteiger partial charge on any atom is -0.394 e. The standard InChI is InChI=1S/C43H79N7O9/c1-9-10-11-12-13-14-15-16-17-18-19-20-37(54)49-43(7,8)42(59)50-26-32(52)25-35(50)41(58)48-34(24-29(4)5)40(57)45-30(6)38(55)47-33(21-22-36(44)53)39(56)46-31(27-51)23-28(2)3/h28-35,51-52H,9-27H2,1-8H3,(H2,44,53)(H,45,57)(H,46,56)(H,47,55)(H,48,58)(H,49,54)/t30-,31?,32?,33-,34-,35-/m0/s1. The van der Waals surface area contributed by atoms with E-state index in [0.717, 1.165) is 19.3 Å². The van der Waals surface area contributed by atoms with E-state index >= 15 is 0 Å². The van der Waals surface area contributed by atoms with Gasteiger partial charge in [0.2, 0.25) is 41.4 Å². The Balaban J connectivity index is 2.88. The van der Waals surface area contributed by atoms with E-state index in [2.05, 4.69) is 33.5 Å². The first-order chi connectivity index (χ1) is 27.7. The largest absolute Gasteiger partial charge is 0.394 e. The predicted octanol–water partition coefficient (Wildman–Crippen LogP) is 2.85. The number of nitrogens with zero attached hydrogens (tertiary/aromatic N) is 1. The number of β-amino-alcohol motifs (C(OH)–C–C–N with tert-alkyl or cyclic N) is 1. The highest BCUT2D eigenvalue weighted by molar-refractivity contribution is 5.97. The van der Waals surface area contributed by atoms with Crippen LogP contribution in [-0.4, -0.2) is 111 Å². The van der Waals surface area contributed by atoms with Gasteiger partial charge >= 0.3 is 0 Å². The molecule has 2 unspecified atom stereocenters. The van der Waals surface area contributed by atoms with Crippen LogP contribution in [0.15, 0.2) is 0 Å². The van der Waals surface area contributed by atoms with Gasteiger partial charge in [-0.3, -0.25) is 33.6 Å². The molecule has 16 heteroatoms. The fraction of sp³-hybridized carbons (Fsp3) is 0.837. The third-order valence-electron chi connectivity index (χ3n) is 10.6. The predicted molar refractivity (Wildman–Crippen MR) is 227 cm³/mol. The number of primary amides is 1. The number of nitrogens with one attached hydrogen (secondary N) is 5. The second-order valence-corrected chi connectivity index (χ2v) is 17.8. The maximum absolute atomic E-state index is 13.8. The minimum atomic E-state index is -1.37. The molecule has 6 atom stereocenters. The van der Waals surface area contributed by atoms with Gasteiger partial charge in [0.05, 0.1) is 18.8 Å². The number of likely N-dealkylation sites (tertiary alicyclic amines) is 1. The summed E-state index contributed by atoms with van der Waals surface area (Å²) >= 11 is 0. The van der Waals surface area contributed by atoms with Crippen LogP contribution in [0.25, 0.3) is 0 Å². The molecule has 9 N–H and O–H groups in total. The molecule has 0 aliphatic carbocycles. The molecule has 1 aliphatic heterocycles. The lowest BCUT2D eigenvalue weighted by Gasteiger charge is -2.33. The number of amides is 7. The third kappa shape index (κ3) is 21.3. The molecule has 0 radical (unpaired) electrons. The first kappa shape index (κ1) is 53.2. The van der Waals surface area contributed by atoms with Gasteiger partial charge in [0.25, 0.3) is 0 Å². The van der Waals surface area contributed by atoms with Crippen molar-refractivity contribution in [2.75, 3.05) is 13.2 Å². The van der Waals surface area contributed by atoms with Crippen LogP contribution in [-0.2, 0) is 33.6 Å². The van der Waals surface area contributed by atoms with Crippen molar-refractivity contribution in [3.8, 4) is 0 Å². The Morgan fingerprint density at radius 3 is 1.78 bits per heavy atom. The number of aliphatic hydroxyl groups excluding tert-OH is 2. The van der Waals surface area contributed by atoms with E-state index in [-0.39, 0.29) is 63.0 Å². The Labute approximate surface area is 353 Å². The van der Waals surface area contributed by atoms with Crippen molar-refractivity contribution in [1.82, 2.24) is 31.5 Å². The van der Waals surface area contributed by atoms with E-state index in [0.29, 0.717) is 12.8 Å². The molecule has 0 saturated carbocycles. The maximum atomic E-state index is 13.8. The average molecular weight is 838 g/mol. The van der Waals surface area contributed by atoms with Gasteiger partial charge in [-0.15, -0.1) is 0 Å². The molecule has 0 aromatic rings. The SMILES string of the molecule is CCCCCCCCCCCCCC(=O)NC(C)(C)C(=O)N1CC(O)C[C@H]1C(=O)N[C@@H](CC(C)C)C(=O)N[C@@H](C)C(=O)N[C@@H](CCC(N)=O)C(=O)NC(CO)CC(C)C. The third-order valence-corrected chi connectivity index (χ3v) is 10.6. The van der Waals surface area contributed by atoms with Gasteiger partial charge in [-0.25, -0.2) is 0 Å². The van der Waals surface area contributed by atoms with Gasteiger partial charge < -0.3 is 47.4 Å². The summed E-state index contributed by atoms with van der Waals surface area (Å²) in [4.78, 5) is 93.2. The summed E-state index contributed by atoms with van der Waals surface area (Å²) in [6.45, 7) is 13.8. The molecule has 1 aliphatic rings. The summed E-state index contributed by atoms with van der Waals surface area (Å²) < 4.78 is 0. The monoisotopic (exact) mass is 838 g/mol. The van der Waals surface area contributed by atoms with E-state index < -0.39 is 77.3 Å². The van der Waals surface area contributed by atoms with Crippen molar-refractivity contribution >= 4 is 41.4 Å². The topological polar surface area (TPSA) is 249 Å². The van der Waals surface area contributed by atoms with E-state index in [1.54, 1.807) is 13.8 Å². The number of hydrogen-bond acceptors (Lipinski definition) is 9. The first-order valence-corrected chi connectivity index (χ1v) is 22.1. The number of carbonyl (C=O) groups is 7. The van der Waals surface area contributed by atoms with Crippen molar-refractivity contribution in [2.24, 2.45) is 17.6 Å². The summed E-state index contributed by atoms with van der Waals surface area (Å²) in [5.41, 5.74) is 3.93. The molecule has 0 bridgehead atoms. The highest BCUT2D eigenvalue weighted by Crippen LogP contribution is 2.23. The Morgan fingerprint density at radius 1 is 0.712 bits per heavy atom. The van der Waals surface area contributed by atoms with Gasteiger partial charge in [-0.2, -0.15) is 0 Å². The van der Waals surface area contributed by atoms with E-state index in [9.17, 15) is 43.8 Å².